The molecule has 0 bridgehead atoms. The Balaban J connectivity index is 2.18. The van der Waals surface area contributed by atoms with E-state index in [4.69, 9.17) is 9.47 Å². The summed E-state index contributed by atoms with van der Waals surface area (Å²) in [5.41, 5.74) is 0.937. The molecule has 5 atom stereocenters. The van der Waals surface area contributed by atoms with E-state index in [0.717, 1.165) is 18.7 Å². The molecule has 0 aliphatic carbocycles. The Kier molecular flexibility index (Phi) is 10.1. The molecule has 30 heavy (non-hydrogen) atoms. The number of amides is 1. The predicted octanol–water partition coefficient (Wildman–Crippen LogP) is 3.36. The molecule has 170 valence electrons. The zero-order chi connectivity index (χ0) is 22.3. The molecule has 2 rings (SSSR count). The molecule has 1 fully saturated rings. The number of aliphatic hydroxyl groups is 1. The predicted molar refractivity (Wildman–Crippen MR) is 124 cm³/mol. The second-order valence-electron chi connectivity index (χ2n) is 8.56. The average molecular weight is 534 g/mol. The number of carbonyl (C=O) groups is 2. The van der Waals surface area contributed by atoms with E-state index >= 15 is 0 Å². The number of aliphatic hydroxyl groups excluding tert-OH is 1. The number of hydrogen-bond acceptors (Lipinski definition) is 6. The highest BCUT2D eigenvalue weighted by molar-refractivity contribution is 14.1. The van der Waals surface area contributed by atoms with E-state index in [1.807, 2.05) is 44.1 Å². The molecule has 1 amide bonds. The topological polar surface area (TPSA) is 79.3 Å². The van der Waals surface area contributed by atoms with E-state index in [1.165, 1.54) is 0 Å². The smallest absolute Gasteiger partial charge is 0.410 e. The lowest BCUT2D eigenvalue weighted by Crippen LogP contribution is -2.48. The Bertz CT molecular complexity index is 645. The monoisotopic (exact) mass is 534 g/mol. The molecule has 0 saturated carbocycles. The molecule has 1 saturated heterocycles. The third-order valence-corrected chi connectivity index (χ3v) is 6.86. The lowest BCUT2D eigenvalue weighted by atomic mass is 9.92. The largest absolute Gasteiger partial charge is 0.457 e. The summed E-state index contributed by atoms with van der Waals surface area (Å²) in [4.78, 5) is 28.9. The summed E-state index contributed by atoms with van der Waals surface area (Å²) < 4.78 is 13.4. The normalized spacial score (nSPS) is 33.8. The highest BCUT2D eigenvalue weighted by atomic mass is 127. The van der Waals surface area contributed by atoms with Crippen LogP contribution in [0, 0.1) is 11.8 Å². The number of halogens is 1. The standard InChI is InChI=1S/C22H35IN2O5/c1-15-5-7-18(26)13-20(27)30-21(17(3)14-23)16(2)6-8-19(15)29-22(28)25-11-9-24(4)10-12-25/h6,8,14-16,18-19,21,26H,5,7,9-13H2,1-4H3/b8-6-,17-14+/t15-,16-,18+,19-,21-/m0/s1. The van der Waals surface area contributed by atoms with Crippen LogP contribution in [0.5, 0.6) is 0 Å². The van der Waals surface area contributed by atoms with Crippen LogP contribution in [0.25, 0.3) is 0 Å². The SMILES string of the molecule is C/C(=C\I)[C@H]1OC(=O)C[C@H](O)CC[C@H](C)[C@@H](OC(=O)N2CCN(C)CC2)/C=C\[C@@H]1C. The molecule has 2 heterocycles. The molecular weight excluding hydrogens is 499 g/mol. The Hall–Kier alpha value is -1.13. The van der Waals surface area contributed by atoms with Gasteiger partial charge in [0.2, 0.25) is 0 Å². The molecule has 2 aliphatic heterocycles. The van der Waals surface area contributed by atoms with Gasteiger partial charge < -0.3 is 24.4 Å². The van der Waals surface area contributed by atoms with Crippen molar-refractivity contribution < 1.29 is 24.2 Å². The molecule has 0 aromatic rings. The average Bonchev–Trinajstić information content (AvgIpc) is 2.72. The molecule has 0 radical (unpaired) electrons. The number of piperazine rings is 1. The van der Waals surface area contributed by atoms with Gasteiger partial charge in [-0.1, -0.05) is 42.5 Å². The summed E-state index contributed by atoms with van der Waals surface area (Å²) in [5.74, 6) is -0.459. The molecule has 0 unspecified atom stereocenters. The van der Waals surface area contributed by atoms with Crippen LogP contribution in [0.1, 0.15) is 40.0 Å². The first-order chi connectivity index (χ1) is 14.2. The zero-order valence-corrected chi connectivity index (χ0v) is 20.6. The number of esters is 1. The Morgan fingerprint density at radius 2 is 1.90 bits per heavy atom. The van der Waals surface area contributed by atoms with Crippen molar-refractivity contribution in [2.75, 3.05) is 33.2 Å². The van der Waals surface area contributed by atoms with Gasteiger partial charge >= 0.3 is 12.1 Å². The van der Waals surface area contributed by atoms with E-state index in [2.05, 4.69) is 27.5 Å². The first kappa shape index (κ1) is 25.1. The molecule has 2 aliphatic rings. The summed E-state index contributed by atoms with van der Waals surface area (Å²) in [6, 6.07) is 0. The van der Waals surface area contributed by atoms with Gasteiger partial charge in [-0.05, 0) is 48.5 Å². The van der Waals surface area contributed by atoms with Crippen molar-refractivity contribution in [2.45, 2.75) is 58.3 Å². The quantitative estimate of drug-likeness (QED) is 0.333. The van der Waals surface area contributed by atoms with Gasteiger partial charge in [-0.15, -0.1) is 0 Å². The van der Waals surface area contributed by atoms with Crippen molar-refractivity contribution in [1.82, 2.24) is 9.80 Å². The Morgan fingerprint density at radius 3 is 2.53 bits per heavy atom. The maximum atomic E-state index is 12.7. The fourth-order valence-corrected chi connectivity index (χ4v) is 4.05. The summed E-state index contributed by atoms with van der Waals surface area (Å²) in [6.45, 7) is 8.91. The summed E-state index contributed by atoms with van der Waals surface area (Å²) in [6.07, 6.45) is 3.08. The second kappa shape index (κ2) is 12.0. The van der Waals surface area contributed by atoms with Crippen LogP contribution in [0.4, 0.5) is 4.79 Å². The highest BCUT2D eigenvalue weighted by Gasteiger charge is 2.28. The second-order valence-corrected chi connectivity index (χ2v) is 9.18. The number of nitrogens with zero attached hydrogens (tertiary/aromatic N) is 2. The van der Waals surface area contributed by atoms with Crippen LogP contribution < -0.4 is 0 Å². The number of cyclic esters (lactones) is 1. The van der Waals surface area contributed by atoms with Crippen molar-refractivity contribution in [3.05, 3.63) is 21.8 Å². The first-order valence-electron chi connectivity index (χ1n) is 10.7. The third-order valence-electron chi connectivity index (χ3n) is 5.88. The van der Waals surface area contributed by atoms with E-state index < -0.39 is 24.3 Å². The number of hydrogen-bond donors (Lipinski definition) is 1. The number of likely N-dealkylation sites (N-methyl/N-ethyl adjacent to an activating group) is 1. The van der Waals surface area contributed by atoms with Gasteiger partial charge in [-0.3, -0.25) is 4.79 Å². The molecule has 1 N–H and O–H groups in total. The molecule has 0 aromatic carbocycles. The summed E-state index contributed by atoms with van der Waals surface area (Å²) in [7, 11) is 2.04. The van der Waals surface area contributed by atoms with Crippen molar-refractivity contribution in [3.8, 4) is 0 Å². The maximum absolute atomic E-state index is 12.7. The van der Waals surface area contributed by atoms with Crippen LogP contribution in [0.3, 0.4) is 0 Å². The molecule has 8 heteroatoms. The van der Waals surface area contributed by atoms with E-state index in [9.17, 15) is 14.7 Å². The van der Waals surface area contributed by atoms with Crippen LogP contribution in [-0.4, -0.2) is 78.5 Å². The van der Waals surface area contributed by atoms with Gasteiger partial charge in [0, 0.05) is 32.1 Å². The molecular formula is C22H35IN2O5. The van der Waals surface area contributed by atoms with Crippen LogP contribution in [0.2, 0.25) is 0 Å². The van der Waals surface area contributed by atoms with Crippen LogP contribution in [-0.2, 0) is 14.3 Å². The minimum atomic E-state index is -0.766. The lowest BCUT2D eigenvalue weighted by Gasteiger charge is -2.33. The van der Waals surface area contributed by atoms with Gasteiger partial charge in [0.15, 0.2) is 0 Å². The number of carbonyl (C=O) groups excluding carboxylic acids is 2. The zero-order valence-electron chi connectivity index (χ0n) is 18.4. The molecule has 7 nitrogen and oxygen atoms in total. The fourth-order valence-electron chi connectivity index (χ4n) is 3.69. The lowest BCUT2D eigenvalue weighted by molar-refractivity contribution is -0.151. The minimum absolute atomic E-state index is 0.0228. The number of rotatable bonds is 2. The third kappa shape index (κ3) is 7.53. The maximum Gasteiger partial charge on any atom is 0.410 e. The van der Waals surface area contributed by atoms with Gasteiger partial charge in [-0.2, -0.15) is 0 Å². The van der Waals surface area contributed by atoms with Crippen molar-refractivity contribution in [3.63, 3.8) is 0 Å². The van der Waals surface area contributed by atoms with Crippen molar-refractivity contribution >= 4 is 34.7 Å². The van der Waals surface area contributed by atoms with Gasteiger partial charge in [-0.25, -0.2) is 4.79 Å². The Labute approximate surface area is 193 Å². The summed E-state index contributed by atoms with van der Waals surface area (Å²) in [5, 5.41) is 10.3. The molecule has 0 spiro atoms. The first-order valence-corrected chi connectivity index (χ1v) is 11.9. The minimum Gasteiger partial charge on any atom is -0.457 e. The number of ether oxygens (including phenoxy) is 2. The van der Waals surface area contributed by atoms with E-state index in [1.54, 1.807) is 4.90 Å². The van der Waals surface area contributed by atoms with Gasteiger partial charge in [0.1, 0.15) is 12.2 Å². The van der Waals surface area contributed by atoms with Crippen LogP contribution in [0.15, 0.2) is 21.8 Å². The fraction of sp³-hybridized carbons (Fsp3) is 0.727. The highest BCUT2D eigenvalue weighted by Crippen LogP contribution is 2.25. The van der Waals surface area contributed by atoms with E-state index in [0.29, 0.717) is 25.9 Å². The Morgan fingerprint density at radius 1 is 1.23 bits per heavy atom. The van der Waals surface area contributed by atoms with E-state index in [-0.39, 0.29) is 24.3 Å². The summed E-state index contributed by atoms with van der Waals surface area (Å²) >= 11 is 2.13. The molecule has 0 aromatic heterocycles. The van der Waals surface area contributed by atoms with Crippen LogP contribution >= 0.6 is 22.6 Å². The van der Waals surface area contributed by atoms with Gasteiger partial charge in [0.25, 0.3) is 0 Å². The van der Waals surface area contributed by atoms with Crippen molar-refractivity contribution in [1.29, 1.82) is 0 Å². The van der Waals surface area contributed by atoms with Crippen molar-refractivity contribution in [2.24, 2.45) is 11.8 Å². The van der Waals surface area contributed by atoms with Gasteiger partial charge in [0.05, 0.1) is 12.5 Å².